The van der Waals surface area contributed by atoms with Gasteiger partial charge < -0.3 is 20.1 Å². The monoisotopic (exact) mass is 462 g/mol. The molecular formula is C27H30N2O5. The summed E-state index contributed by atoms with van der Waals surface area (Å²) in [7, 11) is 1.55. The number of fused-ring (bicyclic) bond motifs is 4. The molecule has 7 heteroatoms. The van der Waals surface area contributed by atoms with Gasteiger partial charge in [-0.05, 0) is 60.3 Å². The van der Waals surface area contributed by atoms with Crippen LogP contribution in [0.15, 0.2) is 48.5 Å². The molecule has 5 unspecified atom stereocenters. The zero-order chi connectivity index (χ0) is 24.0. The van der Waals surface area contributed by atoms with Crippen molar-refractivity contribution in [2.45, 2.75) is 44.2 Å². The van der Waals surface area contributed by atoms with Crippen LogP contribution in [0.3, 0.4) is 0 Å². The number of carbonyl (C=O) groups excluding carboxylic acids is 2. The molecule has 2 fully saturated rings. The lowest BCUT2D eigenvalue weighted by atomic mass is 9.71. The van der Waals surface area contributed by atoms with E-state index in [0.29, 0.717) is 12.3 Å². The maximum atomic E-state index is 12.7. The minimum Gasteiger partial charge on any atom is -0.480 e. The molecule has 2 saturated carbocycles. The van der Waals surface area contributed by atoms with Crippen molar-refractivity contribution < 1.29 is 24.2 Å². The highest BCUT2D eigenvalue weighted by molar-refractivity contribution is 5.85. The smallest absolute Gasteiger partial charge is 0.407 e. The van der Waals surface area contributed by atoms with Crippen molar-refractivity contribution in [2.75, 3.05) is 13.7 Å². The molecule has 0 heterocycles. The van der Waals surface area contributed by atoms with Crippen molar-refractivity contribution in [2.24, 2.45) is 17.8 Å². The average molecular weight is 463 g/mol. The number of carboxylic acid groups (broad SMARTS) is 1. The lowest BCUT2D eigenvalue weighted by Crippen LogP contribution is -2.50. The first-order valence-corrected chi connectivity index (χ1v) is 12.0. The molecule has 3 aliphatic rings. The van der Waals surface area contributed by atoms with Crippen LogP contribution in [0.4, 0.5) is 4.79 Å². The standard InChI is InChI=1S/C27H30N2O5/c1-15(26(31)32)29(2)25(30)17-11-16-13-24(22(16)12-17)28-27(33)34-14-23-20-9-5-3-7-18(20)19-8-4-6-10-21(19)23/h3-10,15-17,22-24H,11-14H2,1-2H3,(H,28,33)(H,31,32). The SMILES string of the molecule is CC(C(=O)O)N(C)C(=O)C1CC2CC(NC(=O)OCC3c4ccccc4-c4ccccc43)C2C1. The highest BCUT2D eigenvalue weighted by Crippen LogP contribution is 2.50. The molecule has 2 amide bonds. The van der Waals surface area contributed by atoms with Gasteiger partial charge in [0.2, 0.25) is 5.91 Å². The van der Waals surface area contributed by atoms with Crippen LogP contribution in [0, 0.1) is 17.8 Å². The van der Waals surface area contributed by atoms with Crippen LogP contribution in [0.1, 0.15) is 43.2 Å². The topological polar surface area (TPSA) is 95.9 Å². The number of hydrogen-bond acceptors (Lipinski definition) is 4. The summed E-state index contributed by atoms with van der Waals surface area (Å²) in [5, 5.41) is 12.2. The van der Waals surface area contributed by atoms with Crippen LogP contribution in [0.2, 0.25) is 0 Å². The van der Waals surface area contributed by atoms with E-state index in [2.05, 4.69) is 29.6 Å². The lowest BCUT2D eigenvalue weighted by Gasteiger charge is -2.40. The fourth-order valence-electron chi connectivity index (χ4n) is 6.03. The number of carboxylic acids is 1. The third-order valence-electron chi connectivity index (χ3n) is 8.11. The van der Waals surface area contributed by atoms with Gasteiger partial charge in [-0.3, -0.25) is 4.79 Å². The summed E-state index contributed by atoms with van der Waals surface area (Å²) in [5.74, 6) is -0.663. The van der Waals surface area contributed by atoms with E-state index < -0.39 is 18.1 Å². The van der Waals surface area contributed by atoms with Crippen molar-refractivity contribution in [1.29, 1.82) is 0 Å². The van der Waals surface area contributed by atoms with E-state index in [1.54, 1.807) is 7.05 Å². The van der Waals surface area contributed by atoms with Crippen LogP contribution in [-0.2, 0) is 14.3 Å². The van der Waals surface area contributed by atoms with Gasteiger partial charge in [-0.15, -0.1) is 0 Å². The van der Waals surface area contributed by atoms with Crippen molar-refractivity contribution in [1.82, 2.24) is 10.2 Å². The summed E-state index contributed by atoms with van der Waals surface area (Å²) in [5.41, 5.74) is 4.74. The molecular weight excluding hydrogens is 432 g/mol. The Hall–Kier alpha value is -3.35. The van der Waals surface area contributed by atoms with Gasteiger partial charge >= 0.3 is 12.1 Å². The number of nitrogens with zero attached hydrogens (tertiary/aromatic N) is 1. The summed E-state index contributed by atoms with van der Waals surface area (Å²) in [6, 6.07) is 15.6. The number of amides is 2. The minimum atomic E-state index is -1.01. The van der Waals surface area contributed by atoms with Gasteiger partial charge in [-0.1, -0.05) is 48.5 Å². The van der Waals surface area contributed by atoms with Crippen LogP contribution in [0.5, 0.6) is 0 Å². The molecule has 2 N–H and O–H groups in total. The number of rotatable bonds is 6. The molecule has 34 heavy (non-hydrogen) atoms. The van der Waals surface area contributed by atoms with Crippen LogP contribution in [-0.4, -0.2) is 53.7 Å². The van der Waals surface area contributed by atoms with Gasteiger partial charge in [0, 0.05) is 24.9 Å². The second-order valence-corrected chi connectivity index (χ2v) is 9.87. The third-order valence-corrected chi connectivity index (χ3v) is 8.11. The Morgan fingerprint density at radius 3 is 2.26 bits per heavy atom. The second-order valence-electron chi connectivity index (χ2n) is 9.87. The Bertz CT molecular complexity index is 1090. The molecule has 7 nitrogen and oxygen atoms in total. The van der Waals surface area contributed by atoms with Crippen molar-refractivity contribution >= 4 is 18.0 Å². The van der Waals surface area contributed by atoms with Crippen molar-refractivity contribution in [3.63, 3.8) is 0 Å². The molecule has 3 aliphatic carbocycles. The van der Waals surface area contributed by atoms with Gasteiger partial charge in [0.15, 0.2) is 0 Å². The van der Waals surface area contributed by atoms with Gasteiger partial charge in [-0.2, -0.15) is 0 Å². The largest absolute Gasteiger partial charge is 0.480 e. The van der Waals surface area contributed by atoms with Crippen LogP contribution in [0.25, 0.3) is 11.1 Å². The number of nitrogens with one attached hydrogen (secondary N) is 1. The summed E-state index contributed by atoms with van der Waals surface area (Å²) >= 11 is 0. The van der Waals surface area contributed by atoms with Gasteiger partial charge in [0.05, 0.1) is 0 Å². The maximum Gasteiger partial charge on any atom is 0.407 e. The zero-order valence-electron chi connectivity index (χ0n) is 19.4. The van der Waals surface area contributed by atoms with Crippen molar-refractivity contribution in [3.8, 4) is 11.1 Å². The van der Waals surface area contributed by atoms with Gasteiger partial charge in [0.1, 0.15) is 12.6 Å². The normalized spacial score (nSPS) is 25.4. The first kappa shape index (κ1) is 22.4. The van der Waals surface area contributed by atoms with E-state index >= 15 is 0 Å². The number of aliphatic carboxylic acids is 1. The Kier molecular flexibility index (Phi) is 5.80. The molecule has 2 aromatic carbocycles. The quantitative estimate of drug-likeness (QED) is 0.679. The van der Waals surface area contributed by atoms with Crippen LogP contribution >= 0.6 is 0 Å². The molecule has 0 spiro atoms. The van der Waals surface area contributed by atoms with E-state index in [4.69, 9.17) is 4.74 Å². The fourth-order valence-corrected chi connectivity index (χ4v) is 6.03. The predicted molar refractivity (Wildman–Crippen MR) is 126 cm³/mol. The minimum absolute atomic E-state index is 0.000605. The Labute approximate surface area is 199 Å². The third kappa shape index (κ3) is 3.83. The lowest BCUT2D eigenvalue weighted by molar-refractivity contribution is -0.149. The molecule has 0 radical (unpaired) electrons. The second kappa shape index (κ2) is 8.78. The van der Waals surface area contributed by atoms with E-state index in [9.17, 15) is 19.5 Å². The number of hydrogen-bond donors (Lipinski definition) is 2. The first-order chi connectivity index (χ1) is 16.3. The van der Waals surface area contributed by atoms with E-state index in [-0.39, 0.29) is 36.3 Å². The zero-order valence-corrected chi connectivity index (χ0v) is 19.4. The van der Waals surface area contributed by atoms with Crippen LogP contribution < -0.4 is 5.32 Å². The maximum absolute atomic E-state index is 12.7. The molecule has 0 bridgehead atoms. The molecule has 0 aliphatic heterocycles. The molecule has 0 saturated heterocycles. The Morgan fingerprint density at radius 1 is 1.03 bits per heavy atom. The number of benzene rings is 2. The molecule has 5 atom stereocenters. The van der Waals surface area contributed by atoms with E-state index in [0.717, 1.165) is 12.8 Å². The fraction of sp³-hybridized carbons (Fsp3) is 0.444. The van der Waals surface area contributed by atoms with E-state index in [1.807, 2.05) is 24.3 Å². The number of alkyl carbamates (subject to hydrolysis) is 1. The summed E-state index contributed by atoms with van der Waals surface area (Å²) in [6.07, 6.45) is 1.84. The van der Waals surface area contributed by atoms with E-state index in [1.165, 1.54) is 34.1 Å². The number of likely N-dealkylation sites (N-methyl/N-ethyl adjacent to an activating group) is 1. The Morgan fingerprint density at radius 2 is 1.65 bits per heavy atom. The highest BCUT2D eigenvalue weighted by Gasteiger charge is 2.50. The molecule has 2 aromatic rings. The highest BCUT2D eigenvalue weighted by atomic mass is 16.5. The molecule has 178 valence electrons. The number of carbonyl (C=O) groups is 3. The molecule has 0 aromatic heterocycles. The summed E-state index contributed by atoms with van der Waals surface area (Å²) in [4.78, 5) is 37.9. The predicted octanol–water partition coefficient (Wildman–Crippen LogP) is 3.87. The first-order valence-electron chi connectivity index (χ1n) is 12.0. The van der Waals surface area contributed by atoms with Gasteiger partial charge in [-0.25, -0.2) is 9.59 Å². The number of ether oxygens (including phenoxy) is 1. The molecule has 5 rings (SSSR count). The van der Waals surface area contributed by atoms with Crippen molar-refractivity contribution in [3.05, 3.63) is 59.7 Å². The summed E-state index contributed by atoms with van der Waals surface area (Å²) in [6.45, 7) is 1.80. The van der Waals surface area contributed by atoms with Gasteiger partial charge in [0.25, 0.3) is 0 Å². The Balaban J connectivity index is 1.15. The average Bonchev–Trinajstić information content (AvgIpc) is 3.34. The summed E-state index contributed by atoms with van der Waals surface area (Å²) < 4.78 is 5.67.